The van der Waals surface area contributed by atoms with Crippen LogP contribution in [-0.4, -0.2) is 36.5 Å². The predicted octanol–water partition coefficient (Wildman–Crippen LogP) is 3.75. The van der Waals surface area contributed by atoms with E-state index < -0.39 is 0 Å². The highest BCUT2D eigenvalue weighted by atomic mass is 127. The minimum Gasteiger partial charge on any atom is -0.357 e. The van der Waals surface area contributed by atoms with Gasteiger partial charge in [0.15, 0.2) is 5.96 Å². The summed E-state index contributed by atoms with van der Waals surface area (Å²) in [7, 11) is 0. The summed E-state index contributed by atoms with van der Waals surface area (Å²) in [5.41, 5.74) is 2.78. The van der Waals surface area contributed by atoms with E-state index in [-0.39, 0.29) is 24.0 Å². The lowest BCUT2D eigenvalue weighted by molar-refractivity contribution is 0.220. The van der Waals surface area contributed by atoms with Gasteiger partial charge in [0.05, 0.1) is 6.54 Å². The summed E-state index contributed by atoms with van der Waals surface area (Å²) in [6.45, 7) is 9.61. The van der Waals surface area contributed by atoms with Crippen LogP contribution < -0.4 is 10.6 Å². The average molecular weight is 456 g/mol. The average Bonchev–Trinajstić information content (AvgIpc) is 3.30. The van der Waals surface area contributed by atoms with Crippen LogP contribution in [0.5, 0.6) is 0 Å². The molecule has 140 valence electrons. The van der Waals surface area contributed by atoms with E-state index >= 15 is 0 Å². The van der Waals surface area contributed by atoms with Gasteiger partial charge in [0, 0.05) is 19.1 Å². The van der Waals surface area contributed by atoms with Crippen molar-refractivity contribution in [2.45, 2.75) is 58.7 Å². The van der Waals surface area contributed by atoms with Crippen molar-refractivity contribution in [3.05, 3.63) is 35.4 Å². The van der Waals surface area contributed by atoms with Gasteiger partial charge in [-0.1, -0.05) is 37.6 Å². The van der Waals surface area contributed by atoms with Crippen LogP contribution in [0.15, 0.2) is 29.3 Å². The number of aliphatic imine (C=N–C) groups is 1. The third kappa shape index (κ3) is 6.44. The summed E-state index contributed by atoms with van der Waals surface area (Å²) >= 11 is 0. The molecule has 0 bridgehead atoms. The number of benzene rings is 1. The lowest BCUT2D eigenvalue weighted by Gasteiger charge is -2.27. The van der Waals surface area contributed by atoms with Gasteiger partial charge in [0.25, 0.3) is 0 Å². The van der Waals surface area contributed by atoms with Gasteiger partial charge in [-0.2, -0.15) is 0 Å². The number of guanidine groups is 1. The molecule has 1 aliphatic heterocycles. The first-order chi connectivity index (χ1) is 11.8. The monoisotopic (exact) mass is 456 g/mol. The van der Waals surface area contributed by atoms with Gasteiger partial charge in [-0.3, -0.25) is 4.90 Å². The van der Waals surface area contributed by atoms with Crippen LogP contribution in [0.25, 0.3) is 0 Å². The van der Waals surface area contributed by atoms with Gasteiger partial charge >= 0.3 is 0 Å². The van der Waals surface area contributed by atoms with Crippen molar-refractivity contribution >= 4 is 29.9 Å². The van der Waals surface area contributed by atoms with Gasteiger partial charge in [-0.15, -0.1) is 24.0 Å². The number of nitrogens with zero attached hydrogens (tertiary/aromatic N) is 2. The van der Waals surface area contributed by atoms with E-state index in [1.54, 1.807) is 0 Å². The van der Waals surface area contributed by atoms with Crippen molar-refractivity contribution in [3.63, 3.8) is 0 Å². The molecule has 1 saturated heterocycles. The minimum atomic E-state index is 0. The number of hydrogen-bond donors (Lipinski definition) is 2. The third-order valence-corrected chi connectivity index (χ3v) is 5.14. The van der Waals surface area contributed by atoms with Crippen LogP contribution in [-0.2, 0) is 13.1 Å². The maximum atomic E-state index is 4.83. The summed E-state index contributed by atoms with van der Waals surface area (Å²) in [6, 6.07) is 9.39. The Bertz CT molecular complexity index is 554. The van der Waals surface area contributed by atoms with E-state index in [2.05, 4.69) is 53.6 Å². The van der Waals surface area contributed by atoms with Gasteiger partial charge in [-0.25, -0.2) is 4.99 Å². The van der Waals surface area contributed by atoms with Crippen molar-refractivity contribution in [2.24, 2.45) is 10.9 Å². The standard InChI is InChI=1S/C20H32N4.HI/c1-3-21-20(23-19-13-16(19)2)22-14-17-9-5-6-10-18(17)15-24-11-7-4-8-12-24;/h5-6,9-10,16,19H,3-4,7-8,11-15H2,1-2H3,(H2,21,22,23);1H. The molecule has 4 nitrogen and oxygen atoms in total. The molecule has 1 heterocycles. The Balaban J connectivity index is 0.00000225. The second-order valence-corrected chi connectivity index (χ2v) is 7.26. The van der Waals surface area contributed by atoms with Gasteiger partial charge in [-0.05, 0) is 56.3 Å². The number of halogens is 1. The molecule has 0 aromatic heterocycles. The van der Waals surface area contributed by atoms with Crippen LogP contribution in [0, 0.1) is 5.92 Å². The van der Waals surface area contributed by atoms with E-state index in [4.69, 9.17) is 4.99 Å². The predicted molar refractivity (Wildman–Crippen MR) is 117 cm³/mol. The highest BCUT2D eigenvalue weighted by Crippen LogP contribution is 2.28. The molecule has 2 unspecified atom stereocenters. The third-order valence-electron chi connectivity index (χ3n) is 5.14. The highest BCUT2D eigenvalue weighted by Gasteiger charge is 2.33. The molecule has 2 fully saturated rings. The number of nitrogens with one attached hydrogen (secondary N) is 2. The van der Waals surface area contributed by atoms with E-state index in [0.29, 0.717) is 6.04 Å². The minimum absolute atomic E-state index is 0. The second kappa shape index (κ2) is 10.4. The smallest absolute Gasteiger partial charge is 0.191 e. The first-order valence-corrected chi connectivity index (χ1v) is 9.60. The quantitative estimate of drug-likeness (QED) is 0.389. The first kappa shape index (κ1) is 20.5. The summed E-state index contributed by atoms with van der Waals surface area (Å²) in [5, 5.41) is 6.92. The molecular formula is C20H33IN4. The van der Waals surface area contributed by atoms with Gasteiger partial charge in [0.2, 0.25) is 0 Å². The van der Waals surface area contributed by atoms with Crippen LogP contribution in [0.1, 0.15) is 50.7 Å². The molecule has 2 N–H and O–H groups in total. The number of piperidine rings is 1. The Kier molecular flexibility index (Phi) is 8.49. The summed E-state index contributed by atoms with van der Waals surface area (Å²) in [4.78, 5) is 7.41. The van der Waals surface area contributed by atoms with Crippen molar-refractivity contribution < 1.29 is 0 Å². The number of rotatable bonds is 6. The molecule has 1 saturated carbocycles. The molecule has 1 aliphatic carbocycles. The first-order valence-electron chi connectivity index (χ1n) is 9.60. The zero-order valence-corrected chi connectivity index (χ0v) is 18.0. The van der Waals surface area contributed by atoms with Gasteiger partial charge in [0.1, 0.15) is 0 Å². The summed E-state index contributed by atoms with van der Waals surface area (Å²) < 4.78 is 0. The Hall–Kier alpha value is -0.820. The molecular weight excluding hydrogens is 423 g/mol. The Morgan fingerprint density at radius 1 is 1.16 bits per heavy atom. The molecule has 0 radical (unpaired) electrons. The largest absolute Gasteiger partial charge is 0.357 e. The van der Waals surface area contributed by atoms with Crippen molar-refractivity contribution in [1.82, 2.24) is 15.5 Å². The highest BCUT2D eigenvalue weighted by molar-refractivity contribution is 14.0. The van der Waals surface area contributed by atoms with Crippen molar-refractivity contribution in [2.75, 3.05) is 19.6 Å². The zero-order chi connectivity index (χ0) is 16.8. The summed E-state index contributed by atoms with van der Waals surface area (Å²) in [5.74, 6) is 1.74. The molecule has 1 aromatic carbocycles. The topological polar surface area (TPSA) is 39.7 Å². The molecule has 0 spiro atoms. The van der Waals surface area contributed by atoms with E-state index in [1.807, 2.05) is 0 Å². The molecule has 25 heavy (non-hydrogen) atoms. The number of likely N-dealkylation sites (tertiary alicyclic amines) is 1. The second-order valence-electron chi connectivity index (χ2n) is 7.26. The molecule has 2 aliphatic rings. The molecule has 5 heteroatoms. The maximum Gasteiger partial charge on any atom is 0.191 e. The normalized spacial score (nSPS) is 23.7. The lowest BCUT2D eigenvalue weighted by Crippen LogP contribution is -2.39. The Labute approximate surface area is 169 Å². The molecule has 3 rings (SSSR count). The zero-order valence-electron chi connectivity index (χ0n) is 15.6. The number of hydrogen-bond acceptors (Lipinski definition) is 2. The van der Waals surface area contributed by atoms with Crippen LogP contribution in [0.3, 0.4) is 0 Å². The Morgan fingerprint density at radius 2 is 1.84 bits per heavy atom. The Morgan fingerprint density at radius 3 is 2.48 bits per heavy atom. The van der Waals surface area contributed by atoms with Crippen LogP contribution in [0.2, 0.25) is 0 Å². The fourth-order valence-corrected chi connectivity index (χ4v) is 3.41. The van der Waals surface area contributed by atoms with Crippen LogP contribution in [0.4, 0.5) is 0 Å². The van der Waals surface area contributed by atoms with E-state index in [0.717, 1.165) is 31.5 Å². The fraction of sp³-hybridized carbons (Fsp3) is 0.650. The maximum absolute atomic E-state index is 4.83. The molecule has 0 amide bonds. The lowest BCUT2D eigenvalue weighted by atomic mass is 10.1. The van der Waals surface area contributed by atoms with Crippen molar-refractivity contribution in [3.8, 4) is 0 Å². The SMILES string of the molecule is CCNC(=NCc1ccccc1CN1CCCCC1)NC1CC1C.I. The molecule has 1 aromatic rings. The summed E-state index contributed by atoms with van der Waals surface area (Å²) in [6.07, 6.45) is 5.33. The van der Waals surface area contributed by atoms with Gasteiger partial charge < -0.3 is 10.6 Å². The van der Waals surface area contributed by atoms with Crippen molar-refractivity contribution in [1.29, 1.82) is 0 Å². The van der Waals surface area contributed by atoms with E-state index in [9.17, 15) is 0 Å². The van der Waals surface area contributed by atoms with Crippen LogP contribution >= 0.6 is 24.0 Å². The molecule has 2 atom stereocenters. The van der Waals surface area contributed by atoms with E-state index in [1.165, 1.54) is 49.9 Å². The fourth-order valence-electron chi connectivity index (χ4n) is 3.41.